The molecular formula is C27H30ClFN4O7S2. The molecule has 1 aromatic carbocycles. The first kappa shape index (κ1) is 30.4. The number of aromatic nitrogens is 1. The second-order valence-electron chi connectivity index (χ2n) is 9.96. The van der Waals surface area contributed by atoms with Crippen molar-refractivity contribution >= 4 is 50.5 Å². The fraction of sp³-hybridized carbons (Fsp3) is 0.444. The number of ether oxygens (including phenoxy) is 2. The Hall–Kier alpha value is -3.04. The van der Waals surface area contributed by atoms with Gasteiger partial charge in [-0.2, -0.15) is 4.72 Å². The Kier molecular flexibility index (Phi) is 9.47. The standard InChI is InChI=1S/C27H30ClFN4O7S2/c1-38-26-20(33-10-11-39-16-25(33)34)12-17(29)13-23(26)42(36,37)31-19(27(35)32-8-4-2-3-5-9-32)14-18-15-21(40-30-18)22-6-7-24(28)41-22/h6-7,12-13,15,19,31H,2-5,8-11,14,16H2,1H3. The van der Waals surface area contributed by atoms with Crippen LogP contribution in [0.4, 0.5) is 10.1 Å². The molecule has 2 aliphatic rings. The van der Waals surface area contributed by atoms with Gasteiger partial charge in [-0.25, -0.2) is 12.8 Å². The van der Waals surface area contributed by atoms with Crippen LogP contribution in [0.5, 0.6) is 5.75 Å². The van der Waals surface area contributed by atoms with Gasteiger partial charge in [0.2, 0.25) is 15.9 Å². The Labute approximate surface area is 251 Å². The van der Waals surface area contributed by atoms with E-state index in [4.69, 9.17) is 25.6 Å². The van der Waals surface area contributed by atoms with E-state index in [9.17, 15) is 22.4 Å². The number of carbonyl (C=O) groups is 2. The average molecular weight is 641 g/mol. The van der Waals surface area contributed by atoms with Crippen molar-refractivity contribution in [3.8, 4) is 16.4 Å². The first-order valence-electron chi connectivity index (χ1n) is 13.4. The maximum atomic E-state index is 14.9. The summed E-state index contributed by atoms with van der Waals surface area (Å²) in [5.41, 5.74) is 0.300. The number of rotatable bonds is 9. The molecule has 1 atom stereocenters. The third-order valence-electron chi connectivity index (χ3n) is 7.07. The molecule has 3 aromatic rings. The van der Waals surface area contributed by atoms with E-state index < -0.39 is 38.6 Å². The molecule has 2 aromatic heterocycles. The number of anilines is 1. The number of amides is 2. The highest BCUT2D eigenvalue weighted by Gasteiger charge is 2.35. The molecule has 1 unspecified atom stereocenters. The van der Waals surface area contributed by atoms with Crippen molar-refractivity contribution in [1.82, 2.24) is 14.8 Å². The van der Waals surface area contributed by atoms with Crippen molar-refractivity contribution in [2.75, 3.05) is 44.9 Å². The Morgan fingerprint density at radius 2 is 1.95 bits per heavy atom. The van der Waals surface area contributed by atoms with E-state index in [1.165, 1.54) is 23.3 Å². The quantitative estimate of drug-likeness (QED) is 0.373. The summed E-state index contributed by atoms with van der Waals surface area (Å²) < 4.78 is 61.6. The van der Waals surface area contributed by atoms with Crippen molar-refractivity contribution in [2.45, 2.75) is 43.0 Å². The van der Waals surface area contributed by atoms with Crippen molar-refractivity contribution in [1.29, 1.82) is 0 Å². The zero-order valence-electron chi connectivity index (χ0n) is 22.8. The minimum Gasteiger partial charge on any atom is -0.493 e. The van der Waals surface area contributed by atoms with Gasteiger partial charge in [-0.1, -0.05) is 29.6 Å². The number of sulfonamides is 1. The molecule has 0 radical (unpaired) electrons. The number of likely N-dealkylation sites (tertiary alicyclic amines) is 1. The van der Waals surface area contributed by atoms with Gasteiger partial charge in [0.15, 0.2) is 11.5 Å². The number of hydrogen-bond donors (Lipinski definition) is 1. The summed E-state index contributed by atoms with van der Waals surface area (Å²) in [4.78, 5) is 29.3. The highest BCUT2D eigenvalue weighted by atomic mass is 35.5. The molecular weight excluding hydrogens is 611 g/mol. The second kappa shape index (κ2) is 13.1. The van der Waals surface area contributed by atoms with E-state index in [0.29, 0.717) is 28.9 Å². The Balaban J connectivity index is 1.48. The largest absolute Gasteiger partial charge is 0.493 e. The predicted molar refractivity (Wildman–Crippen MR) is 154 cm³/mol. The van der Waals surface area contributed by atoms with Gasteiger partial charge in [0.1, 0.15) is 23.4 Å². The molecule has 11 nitrogen and oxygen atoms in total. The monoisotopic (exact) mass is 640 g/mol. The van der Waals surface area contributed by atoms with Crippen molar-refractivity contribution < 1.29 is 36.4 Å². The molecule has 42 heavy (non-hydrogen) atoms. The number of thiophene rings is 1. The summed E-state index contributed by atoms with van der Waals surface area (Å²) in [5.74, 6) is -1.58. The molecule has 226 valence electrons. The van der Waals surface area contributed by atoms with E-state index >= 15 is 0 Å². The molecule has 4 heterocycles. The van der Waals surface area contributed by atoms with E-state index in [1.54, 1.807) is 23.1 Å². The predicted octanol–water partition coefficient (Wildman–Crippen LogP) is 3.86. The summed E-state index contributed by atoms with van der Waals surface area (Å²) in [6, 6.07) is 5.68. The van der Waals surface area contributed by atoms with Gasteiger partial charge in [0.25, 0.3) is 5.91 Å². The Bertz CT molecular complexity index is 1550. The zero-order valence-corrected chi connectivity index (χ0v) is 25.2. The summed E-state index contributed by atoms with van der Waals surface area (Å²) in [6.45, 7) is 1.02. The molecule has 2 aliphatic heterocycles. The topological polar surface area (TPSA) is 131 Å². The van der Waals surface area contributed by atoms with Crippen LogP contribution in [0, 0.1) is 5.82 Å². The van der Waals surface area contributed by atoms with Gasteiger partial charge in [-0.15, -0.1) is 11.3 Å². The van der Waals surface area contributed by atoms with Gasteiger partial charge in [-0.3, -0.25) is 9.59 Å². The van der Waals surface area contributed by atoms with Crippen LogP contribution in [0.15, 0.2) is 39.8 Å². The van der Waals surface area contributed by atoms with E-state index in [0.717, 1.165) is 42.7 Å². The highest BCUT2D eigenvalue weighted by Crippen LogP contribution is 2.37. The van der Waals surface area contributed by atoms with Crippen LogP contribution in [0.2, 0.25) is 4.34 Å². The van der Waals surface area contributed by atoms with Crippen LogP contribution in [-0.2, 0) is 30.8 Å². The third kappa shape index (κ3) is 6.78. The Morgan fingerprint density at radius 3 is 2.62 bits per heavy atom. The lowest BCUT2D eigenvalue weighted by Crippen LogP contribution is -2.50. The number of halogens is 2. The minimum absolute atomic E-state index is 0.0441. The number of morpholine rings is 1. The maximum absolute atomic E-state index is 14.9. The molecule has 0 spiro atoms. The minimum atomic E-state index is -4.56. The first-order chi connectivity index (χ1) is 20.2. The van der Waals surface area contributed by atoms with Crippen LogP contribution >= 0.6 is 22.9 Å². The fourth-order valence-corrected chi connectivity index (χ4v) is 7.43. The molecule has 1 N–H and O–H groups in total. The molecule has 15 heteroatoms. The van der Waals surface area contributed by atoms with E-state index in [1.807, 2.05) is 0 Å². The number of methoxy groups -OCH3 is 1. The smallest absolute Gasteiger partial charge is 0.253 e. The van der Waals surface area contributed by atoms with Gasteiger partial charge in [0.05, 0.1) is 34.3 Å². The Morgan fingerprint density at radius 1 is 1.19 bits per heavy atom. The lowest BCUT2D eigenvalue weighted by molar-refractivity contribution is -0.133. The maximum Gasteiger partial charge on any atom is 0.253 e. The zero-order chi connectivity index (χ0) is 29.9. The summed E-state index contributed by atoms with van der Waals surface area (Å²) >= 11 is 7.33. The number of nitrogens with zero attached hydrogens (tertiary/aromatic N) is 3. The van der Waals surface area contributed by atoms with Crippen LogP contribution < -0.4 is 14.4 Å². The number of benzene rings is 1. The molecule has 2 saturated heterocycles. The lowest BCUT2D eigenvalue weighted by Gasteiger charge is -2.29. The van der Waals surface area contributed by atoms with Crippen molar-refractivity contribution in [3.63, 3.8) is 0 Å². The third-order valence-corrected chi connectivity index (χ3v) is 9.79. The van der Waals surface area contributed by atoms with Gasteiger partial charge in [-0.05, 0) is 31.0 Å². The van der Waals surface area contributed by atoms with Crippen molar-refractivity contribution in [3.05, 3.63) is 46.2 Å². The SMILES string of the molecule is COc1c(N2CCOCC2=O)cc(F)cc1S(=O)(=O)NC(Cc1cc(-c2ccc(Cl)s2)on1)C(=O)N1CCCCCC1. The number of carbonyl (C=O) groups excluding carboxylic acids is 2. The van der Waals surface area contributed by atoms with E-state index in [-0.39, 0.29) is 37.6 Å². The molecule has 5 rings (SSSR count). The summed E-state index contributed by atoms with van der Waals surface area (Å²) in [5, 5.41) is 4.06. The van der Waals surface area contributed by atoms with E-state index in [2.05, 4.69) is 9.88 Å². The lowest BCUT2D eigenvalue weighted by atomic mass is 10.1. The van der Waals surface area contributed by atoms with Crippen LogP contribution in [0.1, 0.15) is 31.4 Å². The summed E-state index contributed by atoms with van der Waals surface area (Å²) in [6.07, 6.45) is 3.42. The second-order valence-corrected chi connectivity index (χ2v) is 13.4. The highest BCUT2D eigenvalue weighted by molar-refractivity contribution is 7.89. The molecule has 2 fully saturated rings. The average Bonchev–Trinajstić information content (AvgIpc) is 3.52. The molecule has 0 bridgehead atoms. The molecule has 0 saturated carbocycles. The number of hydrogen-bond acceptors (Lipinski definition) is 9. The van der Waals surface area contributed by atoms with Gasteiger partial charge < -0.3 is 23.8 Å². The molecule has 0 aliphatic carbocycles. The first-order valence-corrected chi connectivity index (χ1v) is 16.1. The van der Waals surface area contributed by atoms with Crippen LogP contribution in [-0.4, -0.2) is 76.3 Å². The number of nitrogens with one attached hydrogen (secondary N) is 1. The van der Waals surface area contributed by atoms with Gasteiger partial charge in [0, 0.05) is 38.2 Å². The summed E-state index contributed by atoms with van der Waals surface area (Å²) in [7, 11) is -3.33. The fourth-order valence-electron chi connectivity index (χ4n) is 5.05. The van der Waals surface area contributed by atoms with Crippen LogP contribution in [0.25, 0.3) is 10.6 Å². The van der Waals surface area contributed by atoms with Crippen molar-refractivity contribution in [2.24, 2.45) is 0 Å². The van der Waals surface area contributed by atoms with Crippen LogP contribution in [0.3, 0.4) is 0 Å². The molecule has 2 amide bonds. The normalized spacial score (nSPS) is 17.3. The van der Waals surface area contributed by atoms with Gasteiger partial charge >= 0.3 is 0 Å².